The van der Waals surface area contributed by atoms with Gasteiger partial charge < -0.3 is 10.0 Å². The van der Waals surface area contributed by atoms with Crippen LogP contribution in [-0.4, -0.2) is 40.6 Å². The normalized spacial score (nSPS) is 12.4. The minimum atomic E-state index is -0.341. The molecule has 0 spiro atoms. The van der Waals surface area contributed by atoms with Gasteiger partial charge in [-0.2, -0.15) is 0 Å². The van der Waals surface area contributed by atoms with E-state index in [0.29, 0.717) is 19.5 Å². The first-order chi connectivity index (χ1) is 17.0. The summed E-state index contributed by atoms with van der Waals surface area (Å²) < 4.78 is 31.6. The second-order valence-corrected chi connectivity index (χ2v) is 8.08. The van der Waals surface area contributed by atoms with Crippen LogP contribution in [0.5, 0.6) is 5.75 Å². The van der Waals surface area contributed by atoms with Gasteiger partial charge in [-0.1, -0.05) is 55.1 Å². The molecule has 0 saturated heterocycles. The molecule has 32 heavy (non-hydrogen) atoms. The lowest BCUT2D eigenvalue weighted by atomic mass is 10.0. The van der Waals surface area contributed by atoms with Crippen molar-refractivity contribution in [3.63, 3.8) is 0 Å². The van der Waals surface area contributed by atoms with Crippen molar-refractivity contribution in [1.29, 1.82) is 0 Å². The molecule has 1 amide bonds. The number of phenols is 1. The molecule has 2 aromatic carbocycles. The first kappa shape index (κ1) is 19.7. The van der Waals surface area contributed by atoms with Gasteiger partial charge in [-0.05, 0) is 43.5 Å². The Morgan fingerprint density at radius 3 is 2.34 bits per heavy atom. The van der Waals surface area contributed by atoms with E-state index in [1.165, 1.54) is 13.8 Å². The number of hydrogen-bond donors (Lipinski definition) is 1. The molecule has 0 atom stereocenters. The van der Waals surface area contributed by atoms with Crippen molar-refractivity contribution in [2.24, 2.45) is 0 Å². The molecule has 0 aliphatic carbocycles. The quantitative estimate of drug-likeness (QED) is 0.320. The molecule has 0 heterocycles. The van der Waals surface area contributed by atoms with Crippen LogP contribution in [0.25, 0.3) is 0 Å². The molecule has 0 aliphatic rings. The lowest BCUT2D eigenvalue weighted by Gasteiger charge is -2.20. The Morgan fingerprint density at radius 2 is 1.62 bits per heavy atom. The molecule has 0 unspecified atom stereocenters. The molecule has 0 bridgehead atoms. The largest absolute Gasteiger partial charge is 0.508 e. The Balaban J connectivity index is 1.69. The van der Waals surface area contributed by atoms with Gasteiger partial charge in [0, 0.05) is 44.8 Å². The van der Waals surface area contributed by atoms with Gasteiger partial charge in [-0.3, -0.25) is 14.4 Å². The molecule has 5 nitrogen and oxygen atoms in total. The Labute approximate surface area is 197 Å². The monoisotopic (exact) mass is 441 g/mol. The van der Waals surface area contributed by atoms with Crippen molar-refractivity contribution in [3.05, 3.63) is 65.1 Å². The minimum Gasteiger partial charge on any atom is -0.508 e. The third-order valence-electron chi connectivity index (χ3n) is 5.30. The predicted octanol–water partition coefficient (Wildman–Crippen LogP) is 5.27. The summed E-state index contributed by atoms with van der Waals surface area (Å²) in [6, 6.07) is 5.55. The van der Waals surface area contributed by atoms with Gasteiger partial charge in [0.25, 0.3) is 0 Å². The predicted molar refractivity (Wildman–Crippen MR) is 127 cm³/mol. The van der Waals surface area contributed by atoms with E-state index in [1.54, 1.807) is 29.2 Å². The third kappa shape index (κ3) is 9.46. The van der Waals surface area contributed by atoms with Crippen molar-refractivity contribution in [3.8, 4) is 5.75 Å². The lowest BCUT2D eigenvalue weighted by molar-refractivity contribution is -0.129. The minimum absolute atomic E-state index is 0.0355. The number of ketones is 2. The summed E-state index contributed by atoms with van der Waals surface area (Å²) in [6.07, 6.45) is 4.67. The topological polar surface area (TPSA) is 74.7 Å². The molecule has 0 radical (unpaired) electrons. The third-order valence-corrected chi connectivity index (χ3v) is 5.30. The summed E-state index contributed by atoms with van der Waals surface area (Å²) >= 11 is 0. The maximum absolute atomic E-state index is 12.5. The van der Waals surface area contributed by atoms with E-state index in [1.807, 2.05) is 0 Å². The van der Waals surface area contributed by atoms with E-state index >= 15 is 0 Å². The Hall–Kier alpha value is -2.95. The second-order valence-electron chi connectivity index (χ2n) is 8.08. The number of aromatic hydroxyl groups is 1. The van der Waals surface area contributed by atoms with Crippen LogP contribution in [0, 0.1) is 6.92 Å². The molecule has 5 heteroatoms. The number of carbonyl (C=O) groups excluding carboxylic acids is 3. The number of Topliss-reactive ketones (excluding diaryl/α,β-unsaturated/α-hetero) is 2. The molecule has 0 fully saturated rings. The summed E-state index contributed by atoms with van der Waals surface area (Å²) in [6.45, 7) is 3.96. The van der Waals surface area contributed by atoms with Crippen LogP contribution < -0.4 is 0 Å². The zero-order valence-corrected chi connectivity index (χ0v) is 19.0. The van der Waals surface area contributed by atoms with Crippen LogP contribution >= 0.6 is 0 Å². The van der Waals surface area contributed by atoms with Crippen molar-refractivity contribution in [1.82, 2.24) is 4.90 Å². The highest BCUT2D eigenvalue weighted by Crippen LogP contribution is 2.13. The Kier molecular flexibility index (Phi) is 8.29. The van der Waals surface area contributed by atoms with E-state index in [4.69, 9.17) is 5.48 Å². The SMILES string of the molecule is [2H]c1c([2H])c(C)c([2H])c(C(=O)CCCCCCCN(CCC(=O)Cc2ccc(O)cc2)C(C)=O)c1[2H]. The summed E-state index contributed by atoms with van der Waals surface area (Å²) in [4.78, 5) is 38.4. The van der Waals surface area contributed by atoms with Gasteiger partial charge in [0.15, 0.2) is 5.78 Å². The van der Waals surface area contributed by atoms with Gasteiger partial charge in [0.05, 0.1) is 5.48 Å². The van der Waals surface area contributed by atoms with E-state index in [-0.39, 0.29) is 77.8 Å². The van der Waals surface area contributed by atoms with Gasteiger partial charge in [-0.25, -0.2) is 0 Å². The van der Waals surface area contributed by atoms with Gasteiger partial charge in [0.2, 0.25) is 5.91 Å². The number of phenolic OH excluding ortho intramolecular Hbond substituents is 1. The maximum atomic E-state index is 12.5. The van der Waals surface area contributed by atoms with Crippen LogP contribution in [0.1, 0.15) is 78.8 Å². The zero-order valence-electron chi connectivity index (χ0n) is 23.0. The average molecular weight is 442 g/mol. The number of benzene rings is 2. The van der Waals surface area contributed by atoms with Crippen LogP contribution in [-0.2, 0) is 16.0 Å². The number of carbonyl (C=O) groups is 3. The molecule has 172 valence electrons. The molecule has 1 N–H and O–H groups in total. The highest BCUT2D eigenvalue weighted by molar-refractivity contribution is 5.96. The van der Waals surface area contributed by atoms with Gasteiger partial charge >= 0.3 is 0 Å². The molecular formula is C27H35NO4. The summed E-state index contributed by atoms with van der Waals surface area (Å²) in [5.41, 5.74) is 1.01. The van der Waals surface area contributed by atoms with Crippen molar-refractivity contribution < 1.29 is 25.0 Å². The van der Waals surface area contributed by atoms with Crippen molar-refractivity contribution in [2.45, 2.75) is 65.2 Å². The summed E-state index contributed by atoms with van der Waals surface area (Å²) in [5, 5.41) is 9.33. The zero-order chi connectivity index (χ0) is 26.8. The summed E-state index contributed by atoms with van der Waals surface area (Å²) in [7, 11) is 0. The smallest absolute Gasteiger partial charge is 0.219 e. The fourth-order valence-electron chi connectivity index (χ4n) is 3.44. The highest BCUT2D eigenvalue weighted by Gasteiger charge is 2.12. The molecule has 0 aromatic heterocycles. The van der Waals surface area contributed by atoms with E-state index < -0.39 is 0 Å². The summed E-state index contributed by atoms with van der Waals surface area (Å²) in [5.74, 6) is -0.213. The molecule has 2 rings (SSSR count). The highest BCUT2D eigenvalue weighted by atomic mass is 16.3. The molecule has 0 aliphatic heterocycles. The van der Waals surface area contributed by atoms with Crippen LogP contribution in [0.3, 0.4) is 0 Å². The number of nitrogens with zero attached hydrogens (tertiary/aromatic N) is 1. The molecule has 0 saturated carbocycles. The van der Waals surface area contributed by atoms with Crippen molar-refractivity contribution in [2.75, 3.05) is 13.1 Å². The van der Waals surface area contributed by atoms with Crippen LogP contribution in [0.15, 0.2) is 48.4 Å². The van der Waals surface area contributed by atoms with E-state index in [9.17, 15) is 19.5 Å². The Bertz CT molecular complexity index is 1060. The lowest BCUT2D eigenvalue weighted by Crippen LogP contribution is -2.32. The van der Waals surface area contributed by atoms with Crippen LogP contribution in [0.2, 0.25) is 0 Å². The fraction of sp³-hybridized carbons (Fsp3) is 0.444. The molecule has 2 aromatic rings. The number of hydrogen-bond acceptors (Lipinski definition) is 4. The van der Waals surface area contributed by atoms with Crippen LogP contribution in [0.4, 0.5) is 0 Å². The number of amides is 1. The molecular weight excluding hydrogens is 402 g/mol. The van der Waals surface area contributed by atoms with Crippen molar-refractivity contribution >= 4 is 17.5 Å². The number of unbranched alkanes of at least 4 members (excludes halogenated alkanes) is 4. The van der Waals surface area contributed by atoms with E-state index in [0.717, 1.165) is 31.2 Å². The standard InChI is InChI=1S/C27H35NO4/c1-21-9-8-10-24(19-21)27(32)11-6-4-3-5-7-17-28(22(2)29)18-16-26(31)20-23-12-14-25(30)15-13-23/h8-10,12-15,19,30H,3-7,11,16-18,20H2,1-2H3/i8D,9D,10D,19D. The van der Waals surface area contributed by atoms with E-state index in [2.05, 4.69) is 0 Å². The average Bonchev–Trinajstić information content (AvgIpc) is 2.84. The van der Waals surface area contributed by atoms with Gasteiger partial charge in [-0.15, -0.1) is 0 Å². The first-order valence-electron chi connectivity index (χ1n) is 13.2. The Morgan fingerprint density at radius 1 is 0.938 bits per heavy atom. The van der Waals surface area contributed by atoms with Gasteiger partial charge in [0.1, 0.15) is 11.5 Å². The second kappa shape index (κ2) is 13.5. The number of rotatable bonds is 14. The fourth-order valence-corrected chi connectivity index (χ4v) is 3.44. The first-order valence-corrected chi connectivity index (χ1v) is 11.2. The maximum Gasteiger partial charge on any atom is 0.219 e.